The number of amides is 1. The van der Waals surface area contributed by atoms with Gasteiger partial charge in [0.05, 0.1) is 5.52 Å². The molecule has 0 unspecified atom stereocenters. The maximum absolute atomic E-state index is 11.5. The molecule has 1 heterocycles. The van der Waals surface area contributed by atoms with Crippen LogP contribution in [0.4, 0.5) is 0 Å². The van der Waals surface area contributed by atoms with E-state index in [-0.39, 0.29) is 5.91 Å². The highest BCUT2D eigenvalue weighted by molar-refractivity contribution is 6.31. The number of nitrogens with zero attached hydrogens (tertiary/aromatic N) is 2. The smallest absolute Gasteiger partial charge is 0.222 e. The van der Waals surface area contributed by atoms with Gasteiger partial charge in [-0.15, -0.1) is 0 Å². The van der Waals surface area contributed by atoms with Gasteiger partial charge < -0.3 is 4.90 Å². The topological polar surface area (TPSA) is 33.2 Å². The number of fused-ring (bicyclic) bond motifs is 1. The first-order valence-electron chi connectivity index (χ1n) is 5.81. The molecule has 18 heavy (non-hydrogen) atoms. The molecule has 0 bridgehead atoms. The summed E-state index contributed by atoms with van der Waals surface area (Å²) in [5, 5.41) is 1.73. The summed E-state index contributed by atoms with van der Waals surface area (Å²) in [4.78, 5) is 17.6. The SMILES string of the molecule is CN(C)C(=O)CCc1ccc2cc(Cl)ccc2n1. The van der Waals surface area contributed by atoms with Crippen LogP contribution in [0, 0.1) is 0 Å². The van der Waals surface area contributed by atoms with Gasteiger partial charge >= 0.3 is 0 Å². The van der Waals surface area contributed by atoms with E-state index in [1.54, 1.807) is 19.0 Å². The number of pyridine rings is 1. The summed E-state index contributed by atoms with van der Waals surface area (Å²) in [5.41, 5.74) is 1.84. The van der Waals surface area contributed by atoms with Crippen molar-refractivity contribution in [3.05, 3.63) is 41.0 Å². The molecule has 94 valence electrons. The van der Waals surface area contributed by atoms with Gasteiger partial charge in [0.2, 0.25) is 5.91 Å². The first-order chi connectivity index (χ1) is 8.56. The minimum Gasteiger partial charge on any atom is -0.349 e. The fraction of sp³-hybridized carbons (Fsp3) is 0.286. The van der Waals surface area contributed by atoms with Crippen molar-refractivity contribution in [1.29, 1.82) is 0 Å². The number of aromatic nitrogens is 1. The summed E-state index contributed by atoms with van der Waals surface area (Å²) in [6.07, 6.45) is 1.15. The van der Waals surface area contributed by atoms with Crippen LogP contribution < -0.4 is 0 Å². The number of rotatable bonds is 3. The lowest BCUT2D eigenvalue weighted by molar-refractivity contribution is -0.128. The Labute approximate surface area is 111 Å². The number of hydrogen-bond donors (Lipinski definition) is 0. The molecule has 0 radical (unpaired) electrons. The van der Waals surface area contributed by atoms with Gasteiger partial charge in [-0.1, -0.05) is 17.7 Å². The molecule has 1 amide bonds. The summed E-state index contributed by atoms with van der Waals surface area (Å²) in [6.45, 7) is 0. The molecule has 0 fully saturated rings. The second-order valence-electron chi connectivity index (χ2n) is 4.43. The minimum atomic E-state index is 0.119. The molecule has 1 aromatic heterocycles. The first kappa shape index (κ1) is 12.8. The van der Waals surface area contributed by atoms with Crippen LogP contribution in [0.3, 0.4) is 0 Å². The fourth-order valence-electron chi connectivity index (χ4n) is 1.74. The van der Waals surface area contributed by atoms with Crippen molar-refractivity contribution in [2.24, 2.45) is 0 Å². The van der Waals surface area contributed by atoms with Crippen molar-refractivity contribution >= 4 is 28.4 Å². The van der Waals surface area contributed by atoms with E-state index < -0.39 is 0 Å². The highest BCUT2D eigenvalue weighted by Gasteiger charge is 2.05. The van der Waals surface area contributed by atoms with Gasteiger partial charge in [-0.2, -0.15) is 0 Å². The van der Waals surface area contributed by atoms with Crippen LogP contribution in [0.1, 0.15) is 12.1 Å². The Morgan fingerprint density at radius 3 is 2.78 bits per heavy atom. The van der Waals surface area contributed by atoms with E-state index in [0.29, 0.717) is 17.9 Å². The van der Waals surface area contributed by atoms with Crippen molar-refractivity contribution in [1.82, 2.24) is 9.88 Å². The molecule has 4 heteroatoms. The zero-order chi connectivity index (χ0) is 13.1. The van der Waals surface area contributed by atoms with Crippen LogP contribution in [-0.2, 0) is 11.2 Å². The third kappa shape index (κ3) is 2.99. The molecule has 0 N–H and O–H groups in total. The summed E-state index contributed by atoms with van der Waals surface area (Å²) in [5.74, 6) is 0.119. The lowest BCUT2D eigenvalue weighted by atomic mass is 10.1. The molecule has 0 saturated heterocycles. The van der Waals surface area contributed by atoms with Crippen molar-refractivity contribution in [2.45, 2.75) is 12.8 Å². The Balaban J connectivity index is 2.15. The second-order valence-corrected chi connectivity index (χ2v) is 4.86. The van der Waals surface area contributed by atoms with E-state index in [2.05, 4.69) is 4.98 Å². The molecule has 2 aromatic rings. The Hall–Kier alpha value is -1.61. The third-order valence-corrected chi connectivity index (χ3v) is 3.04. The molecule has 0 spiro atoms. The van der Waals surface area contributed by atoms with Gasteiger partial charge in [0.15, 0.2) is 0 Å². The predicted molar refractivity (Wildman–Crippen MR) is 73.8 cm³/mol. The largest absolute Gasteiger partial charge is 0.349 e. The summed E-state index contributed by atoms with van der Waals surface area (Å²) >= 11 is 5.92. The Kier molecular flexibility index (Phi) is 3.82. The first-order valence-corrected chi connectivity index (χ1v) is 6.19. The highest BCUT2D eigenvalue weighted by Crippen LogP contribution is 2.18. The normalized spacial score (nSPS) is 10.6. The van der Waals surface area contributed by atoms with Crippen molar-refractivity contribution < 1.29 is 4.79 Å². The number of halogens is 1. The number of carbonyl (C=O) groups excluding carboxylic acids is 1. The standard InChI is InChI=1S/C14H15ClN2O/c1-17(2)14(18)8-6-12-5-3-10-9-11(15)4-7-13(10)16-12/h3-5,7,9H,6,8H2,1-2H3. The number of hydrogen-bond acceptors (Lipinski definition) is 2. The molecule has 1 aromatic carbocycles. The second kappa shape index (κ2) is 5.36. The summed E-state index contributed by atoms with van der Waals surface area (Å²) < 4.78 is 0. The van der Waals surface area contributed by atoms with Crippen LogP contribution in [0.2, 0.25) is 5.02 Å². The van der Waals surface area contributed by atoms with E-state index >= 15 is 0 Å². The van der Waals surface area contributed by atoms with E-state index in [1.165, 1.54) is 0 Å². The summed E-state index contributed by atoms with van der Waals surface area (Å²) in [6, 6.07) is 9.55. The molecule has 0 aliphatic carbocycles. The van der Waals surface area contributed by atoms with Crippen LogP contribution in [-0.4, -0.2) is 29.9 Å². The number of carbonyl (C=O) groups is 1. The maximum atomic E-state index is 11.5. The highest BCUT2D eigenvalue weighted by atomic mass is 35.5. The van der Waals surface area contributed by atoms with Gasteiger partial charge in [0.1, 0.15) is 0 Å². The molecule has 0 saturated carbocycles. The van der Waals surface area contributed by atoms with E-state index in [9.17, 15) is 4.79 Å². The van der Waals surface area contributed by atoms with Crippen LogP contribution >= 0.6 is 11.6 Å². The van der Waals surface area contributed by atoms with Gasteiger partial charge in [0.25, 0.3) is 0 Å². The lowest BCUT2D eigenvalue weighted by Crippen LogP contribution is -2.21. The maximum Gasteiger partial charge on any atom is 0.222 e. The fourth-order valence-corrected chi connectivity index (χ4v) is 1.92. The minimum absolute atomic E-state index is 0.119. The lowest BCUT2D eigenvalue weighted by Gasteiger charge is -2.09. The third-order valence-electron chi connectivity index (χ3n) is 2.80. The molecule has 0 aliphatic rings. The van der Waals surface area contributed by atoms with Gasteiger partial charge in [-0.3, -0.25) is 9.78 Å². The summed E-state index contributed by atoms with van der Waals surface area (Å²) in [7, 11) is 3.52. The molecule has 2 rings (SSSR count). The van der Waals surface area contributed by atoms with Crippen LogP contribution in [0.25, 0.3) is 10.9 Å². The van der Waals surface area contributed by atoms with Crippen molar-refractivity contribution in [3.8, 4) is 0 Å². The monoisotopic (exact) mass is 262 g/mol. The Bertz CT molecular complexity index is 581. The molecule has 0 atom stereocenters. The van der Waals surface area contributed by atoms with Crippen molar-refractivity contribution in [2.75, 3.05) is 14.1 Å². The quantitative estimate of drug-likeness (QED) is 0.852. The zero-order valence-corrected chi connectivity index (χ0v) is 11.2. The predicted octanol–water partition coefficient (Wildman–Crippen LogP) is 2.91. The Morgan fingerprint density at radius 2 is 2.06 bits per heavy atom. The number of aryl methyl sites for hydroxylation is 1. The van der Waals surface area contributed by atoms with Gasteiger partial charge in [0, 0.05) is 36.6 Å². The van der Waals surface area contributed by atoms with Gasteiger partial charge in [-0.25, -0.2) is 0 Å². The average molecular weight is 263 g/mol. The van der Waals surface area contributed by atoms with Crippen LogP contribution in [0.15, 0.2) is 30.3 Å². The average Bonchev–Trinajstić information content (AvgIpc) is 2.35. The van der Waals surface area contributed by atoms with Crippen molar-refractivity contribution in [3.63, 3.8) is 0 Å². The Morgan fingerprint density at radius 1 is 1.28 bits per heavy atom. The zero-order valence-electron chi connectivity index (χ0n) is 10.5. The molecule has 3 nitrogen and oxygen atoms in total. The molecular weight excluding hydrogens is 248 g/mol. The van der Waals surface area contributed by atoms with E-state index in [0.717, 1.165) is 16.6 Å². The molecule has 0 aliphatic heterocycles. The van der Waals surface area contributed by atoms with E-state index in [1.807, 2.05) is 30.3 Å². The molecular formula is C14H15ClN2O. The van der Waals surface area contributed by atoms with Crippen LogP contribution in [0.5, 0.6) is 0 Å². The number of benzene rings is 1. The van der Waals surface area contributed by atoms with Gasteiger partial charge in [-0.05, 0) is 30.7 Å². The van der Waals surface area contributed by atoms with E-state index in [4.69, 9.17) is 11.6 Å².